The molecule has 1 heterocycles. The molecule has 3 rings (SSSR count). The molecule has 0 aliphatic carbocycles. The zero-order valence-corrected chi connectivity index (χ0v) is 18.4. The summed E-state index contributed by atoms with van der Waals surface area (Å²) in [6, 6.07) is 15.1. The Morgan fingerprint density at radius 3 is 2.77 bits per heavy atom. The van der Waals surface area contributed by atoms with Crippen molar-refractivity contribution in [2.45, 2.75) is 38.4 Å². The molecule has 2 amide bonds. The molecule has 7 nitrogen and oxygen atoms in total. The van der Waals surface area contributed by atoms with Crippen LogP contribution in [-0.4, -0.2) is 35.1 Å². The fraction of sp³-hybridized carbons (Fsp3) is 0.304. The second-order valence-electron chi connectivity index (χ2n) is 7.10. The molecule has 1 aliphatic heterocycles. The Labute approximate surface area is 186 Å². The summed E-state index contributed by atoms with van der Waals surface area (Å²) in [6.07, 6.45) is 3.69. The maximum Gasteiger partial charge on any atom is 0.240 e. The highest BCUT2D eigenvalue weighted by atomic mass is 32.2. The van der Waals surface area contributed by atoms with Gasteiger partial charge in [-0.1, -0.05) is 54.9 Å². The Bertz CT molecular complexity index is 973. The van der Waals surface area contributed by atoms with Crippen LogP contribution in [0.25, 0.3) is 0 Å². The fourth-order valence-corrected chi connectivity index (χ4v) is 3.72. The molecular formula is C23H26N4O3S. The quantitative estimate of drug-likeness (QED) is 0.350. The molecule has 2 aromatic carbocycles. The molecule has 0 aromatic heterocycles. The van der Waals surface area contributed by atoms with Gasteiger partial charge in [-0.2, -0.15) is 5.10 Å². The number of anilines is 1. The molecule has 1 fully saturated rings. The average Bonchev–Trinajstić information content (AvgIpc) is 3.10. The van der Waals surface area contributed by atoms with Crippen LogP contribution < -0.4 is 15.4 Å². The van der Waals surface area contributed by atoms with E-state index in [9.17, 15) is 9.59 Å². The number of amidine groups is 1. The topological polar surface area (TPSA) is 92.2 Å². The molecule has 0 saturated carbocycles. The van der Waals surface area contributed by atoms with E-state index in [1.54, 1.807) is 6.21 Å². The Hall–Kier alpha value is -3.13. The summed E-state index contributed by atoms with van der Waals surface area (Å²) in [7, 11) is 0. The predicted octanol–water partition coefficient (Wildman–Crippen LogP) is 4.12. The lowest BCUT2D eigenvalue weighted by molar-refractivity contribution is -0.122. The second-order valence-corrected chi connectivity index (χ2v) is 8.30. The van der Waals surface area contributed by atoms with Gasteiger partial charge in [-0.15, -0.1) is 5.10 Å². The van der Waals surface area contributed by atoms with Crippen LogP contribution in [0.5, 0.6) is 5.75 Å². The minimum Gasteiger partial charge on any atom is -0.493 e. The molecule has 0 bridgehead atoms. The first-order chi connectivity index (χ1) is 15.0. The van der Waals surface area contributed by atoms with Crippen LogP contribution in [0.3, 0.4) is 0 Å². The van der Waals surface area contributed by atoms with E-state index >= 15 is 0 Å². The number of thioether (sulfide) groups is 1. The lowest BCUT2D eigenvalue weighted by atomic mass is 10.2. The number of aryl methyl sites for hydroxylation is 1. The smallest absolute Gasteiger partial charge is 0.240 e. The minimum atomic E-state index is -0.538. The number of hydrogen-bond acceptors (Lipinski definition) is 6. The summed E-state index contributed by atoms with van der Waals surface area (Å²) in [5, 5.41) is 13.5. The second kappa shape index (κ2) is 11.3. The zero-order valence-electron chi connectivity index (χ0n) is 17.6. The Kier molecular flexibility index (Phi) is 8.23. The lowest BCUT2D eigenvalue weighted by Crippen LogP contribution is -2.28. The van der Waals surface area contributed by atoms with Crippen LogP contribution >= 0.6 is 11.8 Å². The SMILES string of the molecule is CCCCOc1ccccc1/C=N/N=C1\NC(=O)C(CC(=O)Nc2ccc(C)cc2)S1. The van der Waals surface area contributed by atoms with Gasteiger partial charge in [0, 0.05) is 17.7 Å². The molecule has 162 valence electrons. The van der Waals surface area contributed by atoms with E-state index in [0.29, 0.717) is 17.5 Å². The van der Waals surface area contributed by atoms with E-state index < -0.39 is 5.25 Å². The molecule has 2 aromatic rings. The van der Waals surface area contributed by atoms with Gasteiger partial charge in [-0.25, -0.2) is 0 Å². The van der Waals surface area contributed by atoms with Gasteiger partial charge in [-0.3, -0.25) is 9.59 Å². The number of nitrogens with one attached hydrogen (secondary N) is 2. The molecule has 0 radical (unpaired) electrons. The van der Waals surface area contributed by atoms with E-state index in [1.165, 1.54) is 11.8 Å². The lowest BCUT2D eigenvalue weighted by Gasteiger charge is -2.07. The van der Waals surface area contributed by atoms with Crippen LogP contribution in [0, 0.1) is 6.92 Å². The van der Waals surface area contributed by atoms with Crippen molar-refractivity contribution in [1.29, 1.82) is 0 Å². The third kappa shape index (κ3) is 6.96. The Balaban J connectivity index is 1.55. The summed E-state index contributed by atoms with van der Waals surface area (Å²) in [5.74, 6) is 0.273. The fourth-order valence-electron chi connectivity index (χ4n) is 2.79. The highest BCUT2D eigenvalue weighted by molar-refractivity contribution is 8.15. The molecule has 1 unspecified atom stereocenters. The largest absolute Gasteiger partial charge is 0.493 e. The first-order valence-corrected chi connectivity index (χ1v) is 11.1. The van der Waals surface area contributed by atoms with Crippen molar-refractivity contribution in [3.8, 4) is 5.75 Å². The number of ether oxygens (including phenoxy) is 1. The highest BCUT2D eigenvalue weighted by Gasteiger charge is 2.32. The summed E-state index contributed by atoms with van der Waals surface area (Å²) in [5.41, 5.74) is 2.63. The van der Waals surface area contributed by atoms with Gasteiger partial charge in [0.1, 0.15) is 11.0 Å². The summed E-state index contributed by atoms with van der Waals surface area (Å²) < 4.78 is 5.77. The van der Waals surface area contributed by atoms with Crippen molar-refractivity contribution in [2.24, 2.45) is 10.2 Å². The van der Waals surface area contributed by atoms with Gasteiger partial charge in [0.2, 0.25) is 11.8 Å². The maximum absolute atomic E-state index is 12.3. The molecule has 31 heavy (non-hydrogen) atoms. The number of rotatable bonds is 9. The van der Waals surface area contributed by atoms with Gasteiger partial charge >= 0.3 is 0 Å². The first-order valence-electron chi connectivity index (χ1n) is 10.2. The van der Waals surface area contributed by atoms with Crippen molar-refractivity contribution in [3.63, 3.8) is 0 Å². The number of nitrogens with zero attached hydrogens (tertiary/aromatic N) is 2. The van der Waals surface area contributed by atoms with Crippen molar-refractivity contribution >= 4 is 40.6 Å². The number of carbonyl (C=O) groups excluding carboxylic acids is 2. The van der Waals surface area contributed by atoms with E-state index in [0.717, 1.165) is 29.7 Å². The molecule has 0 spiro atoms. The summed E-state index contributed by atoms with van der Waals surface area (Å²) >= 11 is 1.20. The van der Waals surface area contributed by atoms with Crippen LogP contribution in [0.4, 0.5) is 5.69 Å². The zero-order chi connectivity index (χ0) is 22.1. The normalized spacial score (nSPS) is 17.2. The van der Waals surface area contributed by atoms with Crippen LogP contribution in [0.2, 0.25) is 0 Å². The van der Waals surface area contributed by atoms with Gasteiger partial charge in [0.25, 0.3) is 0 Å². The third-order valence-corrected chi connectivity index (χ3v) is 5.57. The monoisotopic (exact) mass is 438 g/mol. The van der Waals surface area contributed by atoms with Crippen LogP contribution in [0.1, 0.15) is 37.3 Å². The number of hydrogen-bond donors (Lipinski definition) is 2. The first kappa shape index (κ1) is 22.6. The van der Waals surface area contributed by atoms with Gasteiger partial charge in [-0.05, 0) is 37.6 Å². The maximum atomic E-state index is 12.3. The van der Waals surface area contributed by atoms with Crippen molar-refractivity contribution in [1.82, 2.24) is 5.32 Å². The third-order valence-electron chi connectivity index (χ3n) is 4.50. The molecular weight excluding hydrogens is 412 g/mol. The molecule has 1 aliphatic rings. The van der Waals surface area contributed by atoms with Gasteiger partial charge < -0.3 is 15.4 Å². The van der Waals surface area contributed by atoms with Crippen molar-refractivity contribution in [2.75, 3.05) is 11.9 Å². The van der Waals surface area contributed by atoms with Gasteiger partial charge in [0.15, 0.2) is 5.17 Å². The van der Waals surface area contributed by atoms with Crippen molar-refractivity contribution in [3.05, 3.63) is 59.7 Å². The van der Waals surface area contributed by atoms with E-state index in [4.69, 9.17) is 4.74 Å². The standard InChI is InChI=1S/C23H26N4O3S/c1-3-4-13-30-19-8-6-5-7-17(19)15-24-27-23-26-22(29)20(31-23)14-21(28)25-18-11-9-16(2)10-12-18/h5-12,15,20H,3-4,13-14H2,1-2H3,(H,25,28)(H,26,27,29)/b24-15+. The minimum absolute atomic E-state index is 0.0568. The van der Waals surface area contributed by atoms with Crippen molar-refractivity contribution < 1.29 is 14.3 Å². The van der Waals surface area contributed by atoms with E-state index in [1.807, 2.05) is 55.5 Å². The van der Waals surface area contributed by atoms with E-state index in [2.05, 4.69) is 27.8 Å². The van der Waals surface area contributed by atoms with Crippen LogP contribution in [-0.2, 0) is 9.59 Å². The summed E-state index contributed by atoms with van der Waals surface area (Å²) in [4.78, 5) is 24.4. The number of benzene rings is 2. The van der Waals surface area contributed by atoms with Crippen LogP contribution in [0.15, 0.2) is 58.7 Å². The molecule has 8 heteroatoms. The van der Waals surface area contributed by atoms with Gasteiger partial charge in [0.05, 0.1) is 12.8 Å². The number of para-hydroxylation sites is 1. The summed E-state index contributed by atoms with van der Waals surface area (Å²) in [6.45, 7) is 4.74. The number of carbonyl (C=O) groups is 2. The molecule has 1 atom stereocenters. The highest BCUT2D eigenvalue weighted by Crippen LogP contribution is 2.23. The Morgan fingerprint density at radius 1 is 1.23 bits per heavy atom. The number of unbranched alkanes of at least 4 members (excludes halogenated alkanes) is 1. The predicted molar refractivity (Wildman–Crippen MR) is 126 cm³/mol. The number of amides is 2. The average molecular weight is 439 g/mol. The molecule has 2 N–H and O–H groups in total. The van der Waals surface area contributed by atoms with E-state index in [-0.39, 0.29) is 18.2 Å². The Morgan fingerprint density at radius 2 is 2.00 bits per heavy atom. The molecule has 1 saturated heterocycles.